The summed E-state index contributed by atoms with van der Waals surface area (Å²) < 4.78 is 0. The highest BCUT2D eigenvalue weighted by molar-refractivity contribution is 5.86. The molecule has 4 fully saturated rings. The Kier molecular flexibility index (Phi) is 6.82. The fourth-order valence-electron chi connectivity index (χ4n) is 7.08. The number of amides is 3. The Bertz CT molecular complexity index is 988. The van der Waals surface area contributed by atoms with E-state index in [1.165, 1.54) is 5.56 Å². The molecule has 2 aliphatic carbocycles. The monoisotopic (exact) mass is 512 g/mol. The molecule has 1 spiro atoms. The Labute approximate surface area is 221 Å². The molecule has 1 aromatic carbocycles. The quantitative estimate of drug-likeness (QED) is 0.612. The molecule has 3 amide bonds. The van der Waals surface area contributed by atoms with Gasteiger partial charge in [0.15, 0.2) is 0 Å². The van der Waals surface area contributed by atoms with Crippen molar-refractivity contribution in [3.8, 4) is 0 Å². The maximum absolute atomic E-state index is 13.8. The minimum Gasteiger partial charge on any atom is -0.390 e. The van der Waals surface area contributed by atoms with Crippen molar-refractivity contribution >= 4 is 11.9 Å². The number of carbonyl (C=O) groups excluding carboxylic acids is 2. The number of hydrogen-bond acceptors (Lipinski definition) is 5. The molecule has 2 aliphatic heterocycles. The second kappa shape index (κ2) is 9.54. The van der Waals surface area contributed by atoms with Crippen LogP contribution in [0.3, 0.4) is 0 Å². The molecular formula is C29H44N4O4. The van der Waals surface area contributed by atoms with Gasteiger partial charge < -0.3 is 24.9 Å². The van der Waals surface area contributed by atoms with Gasteiger partial charge in [-0.25, -0.2) is 4.79 Å². The molecule has 8 heteroatoms. The van der Waals surface area contributed by atoms with Crippen molar-refractivity contribution in [3.05, 3.63) is 35.9 Å². The zero-order valence-electron chi connectivity index (χ0n) is 22.8. The molecule has 1 aromatic rings. The van der Waals surface area contributed by atoms with E-state index in [1.54, 1.807) is 9.80 Å². The van der Waals surface area contributed by atoms with E-state index in [-0.39, 0.29) is 29.6 Å². The van der Waals surface area contributed by atoms with Gasteiger partial charge in [0.1, 0.15) is 6.54 Å². The van der Waals surface area contributed by atoms with E-state index in [1.807, 2.05) is 17.9 Å². The zero-order chi connectivity index (χ0) is 26.5. The van der Waals surface area contributed by atoms with Crippen LogP contribution in [0.25, 0.3) is 0 Å². The average Bonchev–Trinajstić information content (AvgIpc) is 3.09. The number of aliphatic hydroxyl groups is 2. The Morgan fingerprint density at radius 1 is 0.946 bits per heavy atom. The number of hydrogen-bond donors (Lipinski definition) is 2. The van der Waals surface area contributed by atoms with Gasteiger partial charge >= 0.3 is 6.03 Å². The number of β-amino-alcohol motifs (C(OH)–C–C–N with tert-alkyl or cyclic N) is 1. The summed E-state index contributed by atoms with van der Waals surface area (Å²) in [4.78, 5) is 34.8. The molecule has 2 saturated heterocycles. The van der Waals surface area contributed by atoms with Crippen LogP contribution in [0.2, 0.25) is 0 Å². The summed E-state index contributed by atoms with van der Waals surface area (Å²) in [7, 11) is 4.28. The van der Waals surface area contributed by atoms with Gasteiger partial charge in [-0.05, 0) is 84.4 Å². The van der Waals surface area contributed by atoms with Crippen LogP contribution in [0.1, 0.15) is 70.3 Å². The van der Waals surface area contributed by atoms with Crippen LogP contribution in [0, 0.1) is 0 Å². The van der Waals surface area contributed by atoms with Crippen LogP contribution in [-0.4, -0.2) is 105 Å². The van der Waals surface area contributed by atoms with E-state index in [2.05, 4.69) is 43.3 Å². The number of nitrogens with zero attached hydrogens (tertiary/aromatic N) is 4. The summed E-state index contributed by atoms with van der Waals surface area (Å²) >= 11 is 0. The van der Waals surface area contributed by atoms with Gasteiger partial charge in [-0.1, -0.05) is 30.3 Å². The number of carbonyl (C=O) groups is 2. The van der Waals surface area contributed by atoms with Crippen LogP contribution < -0.4 is 0 Å². The summed E-state index contributed by atoms with van der Waals surface area (Å²) in [5.41, 5.74) is -0.697. The fraction of sp³-hybridized carbons (Fsp3) is 0.724. The van der Waals surface area contributed by atoms with Gasteiger partial charge in [0.2, 0.25) is 5.91 Å². The second-order valence-corrected chi connectivity index (χ2v) is 12.7. The first-order valence-electron chi connectivity index (χ1n) is 14.0. The van der Waals surface area contributed by atoms with Crippen LogP contribution in [0.5, 0.6) is 0 Å². The molecule has 8 nitrogen and oxygen atoms in total. The molecule has 2 N–H and O–H groups in total. The fourth-order valence-corrected chi connectivity index (χ4v) is 7.08. The summed E-state index contributed by atoms with van der Waals surface area (Å²) in [6, 6.07) is 10.5. The Hall–Kier alpha value is -2.16. The highest BCUT2D eigenvalue weighted by atomic mass is 16.3. The predicted octanol–water partition coefficient (Wildman–Crippen LogP) is 2.78. The van der Waals surface area contributed by atoms with Crippen molar-refractivity contribution in [1.29, 1.82) is 0 Å². The van der Waals surface area contributed by atoms with E-state index in [4.69, 9.17) is 0 Å². The molecule has 204 valence electrons. The average molecular weight is 513 g/mol. The zero-order valence-corrected chi connectivity index (χ0v) is 22.8. The first kappa shape index (κ1) is 26.4. The number of rotatable bonds is 6. The highest BCUT2D eigenvalue weighted by Gasteiger charge is 2.56. The first-order valence-corrected chi connectivity index (χ1v) is 14.0. The van der Waals surface area contributed by atoms with Crippen molar-refractivity contribution < 1.29 is 19.8 Å². The molecular weight excluding hydrogens is 468 g/mol. The number of benzene rings is 1. The molecule has 0 aromatic heterocycles. The maximum atomic E-state index is 13.8. The molecule has 5 rings (SSSR count). The molecule has 0 atom stereocenters. The Morgan fingerprint density at radius 3 is 2.11 bits per heavy atom. The van der Waals surface area contributed by atoms with Crippen LogP contribution in [0.15, 0.2) is 30.3 Å². The molecule has 4 aliphatic rings. The van der Waals surface area contributed by atoms with Crippen molar-refractivity contribution in [2.75, 3.05) is 46.8 Å². The summed E-state index contributed by atoms with van der Waals surface area (Å²) in [5, 5.41) is 21.3. The van der Waals surface area contributed by atoms with Crippen molar-refractivity contribution in [1.82, 2.24) is 19.6 Å². The summed E-state index contributed by atoms with van der Waals surface area (Å²) in [6.45, 7) is 3.80. The van der Waals surface area contributed by atoms with Crippen LogP contribution >= 0.6 is 0 Å². The molecule has 2 heterocycles. The Balaban J connectivity index is 1.35. The number of likely N-dealkylation sites (tertiary alicyclic amines) is 1. The van der Waals surface area contributed by atoms with E-state index >= 15 is 0 Å². The van der Waals surface area contributed by atoms with Gasteiger partial charge in [-0.3, -0.25) is 9.69 Å². The standard InChI is InChI=1S/C29H44N4O4/c1-26(36)16-18-31(19-17-26)24(34)20-32-21-27(33(25(32)35)22-28(37)10-7-11-28)12-14-29(15-13-27,30(2)3)23-8-5-4-6-9-23/h4-6,8-9,36-37H,7,10-22H2,1-3H3/t27-,29+. The van der Waals surface area contributed by atoms with E-state index < -0.39 is 11.2 Å². The van der Waals surface area contributed by atoms with Gasteiger partial charge in [0.25, 0.3) is 0 Å². The lowest BCUT2D eigenvalue weighted by molar-refractivity contribution is -0.135. The number of urea groups is 1. The lowest BCUT2D eigenvalue weighted by Gasteiger charge is -2.52. The van der Waals surface area contributed by atoms with Gasteiger partial charge in [-0.15, -0.1) is 0 Å². The van der Waals surface area contributed by atoms with Gasteiger partial charge in [0.05, 0.1) is 23.3 Å². The predicted molar refractivity (Wildman–Crippen MR) is 142 cm³/mol. The first-order chi connectivity index (χ1) is 17.5. The third-order valence-electron chi connectivity index (χ3n) is 9.99. The molecule has 0 radical (unpaired) electrons. The van der Waals surface area contributed by atoms with E-state index in [0.717, 1.165) is 44.9 Å². The van der Waals surface area contributed by atoms with E-state index in [0.29, 0.717) is 39.0 Å². The lowest BCUT2D eigenvalue weighted by Crippen LogP contribution is -2.59. The lowest BCUT2D eigenvalue weighted by atomic mass is 9.67. The third-order valence-corrected chi connectivity index (χ3v) is 9.99. The molecule has 37 heavy (non-hydrogen) atoms. The SMILES string of the molecule is CN(C)[C@]1(c2ccccc2)CC[C@]2(CC1)CN(CC(=O)N1CCC(C)(O)CC1)C(=O)N2CC1(O)CCC1. The van der Waals surface area contributed by atoms with Crippen LogP contribution in [0.4, 0.5) is 4.79 Å². The van der Waals surface area contributed by atoms with Crippen molar-refractivity contribution in [3.63, 3.8) is 0 Å². The molecule has 0 bridgehead atoms. The third kappa shape index (κ3) is 4.88. The second-order valence-electron chi connectivity index (χ2n) is 12.7. The largest absolute Gasteiger partial charge is 0.390 e. The van der Waals surface area contributed by atoms with Gasteiger partial charge in [-0.2, -0.15) is 0 Å². The van der Waals surface area contributed by atoms with Crippen molar-refractivity contribution in [2.45, 2.75) is 87.0 Å². The maximum Gasteiger partial charge on any atom is 0.321 e. The highest BCUT2D eigenvalue weighted by Crippen LogP contribution is 2.50. The smallest absolute Gasteiger partial charge is 0.321 e. The normalized spacial score (nSPS) is 31.2. The van der Waals surface area contributed by atoms with Gasteiger partial charge in [0, 0.05) is 25.2 Å². The molecule has 2 saturated carbocycles. The summed E-state index contributed by atoms with van der Waals surface area (Å²) in [6.07, 6.45) is 7.05. The Morgan fingerprint density at radius 2 is 1.57 bits per heavy atom. The molecule has 0 unspecified atom stereocenters. The van der Waals surface area contributed by atoms with E-state index in [9.17, 15) is 19.8 Å². The summed E-state index contributed by atoms with van der Waals surface area (Å²) in [5.74, 6) is -0.0501. The minimum atomic E-state index is -0.809. The van der Waals surface area contributed by atoms with Crippen LogP contribution in [-0.2, 0) is 10.3 Å². The van der Waals surface area contributed by atoms with Crippen molar-refractivity contribution in [2.24, 2.45) is 0 Å². The minimum absolute atomic E-state index is 0.0501. The topological polar surface area (TPSA) is 87.6 Å². The number of piperidine rings is 1.